The summed E-state index contributed by atoms with van der Waals surface area (Å²) in [7, 11) is 0. The standard InChI is InChI=1S/C18H16.C4H4O.C2H4O/c1-3-7-15-13(5-1)9-11-18-16-8-4-2-6-14(16)10-12-17(15)18;1-2-4-5-3-1;1-2-3-1/h1,3,5,7,9-12H,2,4,6,8H2;1-4H;1-2H2. The minimum atomic E-state index is 1.00. The fraction of sp³-hybridized carbons (Fsp3) is 0.250. The zero-order valence-corrected chi connectivity index (χ0v) is 15.0. The molecule has 1 aliphatic heterocycles. The van der Waals surface area contributed by atoms with E-state index >= 15 is 0 Å². The Kier molecular flexibility index (Phi) is 5.32. The molecule has 0 radical (unpaired) electrons. The first-order valence-electron chi connectivity index (χ1n) is 9.40. The van der Waals surface area contributed by atoms with Crippen molar-refractivity contribution in [1.29, 1.82) is 0 Å². The molecule has 2 nitrogen and oxygen atoms in total. The fourth-order valence-electron chi connectivity index (χ4n) is 3.57. The first-order chi connectivity index (χ1) is 12.9. The van der Waals surface area contributed by atoms with Gasteiger partial charge < -0.3 is 9.15 Å². The van der Waals surface area contributed by atoms with Gasteiger partial charge in [0.2, 0.25) is 0 Å². The molecule has 0 unspecified atom stereocenters. The number of ether oxygens (including phenoxy) is 1. The highest BCUT2D eigenvalue weighted by Crippen LogP contribution is 2.33. The van der Waals surface area contributed by atoms with Crippen molar-refractivity contribution in [2.24, 2.45) is 0 Å². The van der Waals surface area contributed by atoms with E-state index in [4.69, 9.17) is 0 Å². The van der Waals surface area contributed by atoms with Crippen LogP contribution in [0.2, 0.25) is 0 Å². The molecule has 0 saturated carbocycles. The van der Waals surface area contributed by atoms with Gasteiger partial charge in [-0.2, -0.15) is 0 Å². The number of epoxide rings is 1. The Morgan fingerprint density at radius 1 is 0.615 bits per heavy atom. The van der Waals surface area contributed by atoms with Gasteiger partial charge in [-0.3, -0.25) is 0 Å². The third-order valence-corrected chi connectivity index (χ3v) is 4.89. The molecule has 2 heterocycles. The van der Waals surface area contributed by atoms with Crippen LogP contribution in [0.15, 0.2) is 77.6 Å². The van der Waals surface area contributed by atoms with Crippen LogP contribution >= 0.6 is 0 Å². The number of fused-ring (bicyclic) bond motifs is 5. The van der Waals surface area contributed by atoms with E-state index in [-0.39, 0.29) is 0 Å². The summed E-state index contributed by atoms with van der Waals surface area (Å²) < 4.78 is 9.08. The highest BCUT2D eigenvalue weighted by atomic mass is 16.6. The van der Waals surface area contributed by atoms with E-state index in [9.17, 15) is 0 Å². The molecule has 2 heteroatoms. The van der Waals surface area contributed by atoms with Gasteiger partial charge in [-0.25, -0.2) is 0 Å². The van der Waals surface area contributed by atoms with Crippen molar-refractivity contribution >= 4 is 21.5 Å². The van der Waals surface area contributed by atoms with Crippen LogP contribution in [-0.4, -0.2) is 13.2 Å². The molecule has 0 amide bonds. The number of rotatable bonds is 0. The molecule has 2 aliphatic rings. The van der Waals surface area contributed by atoms with Crippen LogP contribution in [-0.2, 0) is 17.6 Å². The van der Waals surface area contributed by atoms with Gasteiger partial charge in [0, 0.05) is 0 Å². The molecule has 1 aromatic heterocycles. The summed E-state index contributed by atoms with van der Waals surface area (Å²) in [6.07, 6.45) is 8.47. The molecule has 26 heavy (non-hydrogen) atoms. The Hall–Kier alpha value is -2.58. The molecule has 132 valence electrons. The zero-order valence-electron chi connectivity index (χ0n) is 15.0. The average Bonchev–Trinajstić information content (AvgIpc) is 3.48. The first-order valence-corrected chi connectivity index (χ1v) is 9.40. The second-order valence-corrected chi connectivity index (χ2v) is 6.70. The summed E-state index contributed by atoms with van der Waals surface area (Å²) >= 11 is 0. The largest absolute Gasteiger partial charge is 0.473 e. The van der Waals surface area contributed by atoms with Gasteiger partial charge in [0.1, 0.15) is 0 Å². The Labute approximate surface area is 154 Å². The van der Waals surface area contributed by atoms with Crippen molar-refractivity contribution < 1.29 is 9.15 Å². The van der Waals surface area contributed by atoms with E-state index in [1.807, 2.05) is 12.1 Å². The monoisotopic (exact) mass is 344 g/mol. The van der Waals surface area contributed by atoms with Crippen LogP contribution in [0.3, 0.4) is 0 Å². The van der Waals surface area contributed by atoms with Gasteiger partial charge >= 0.3 is 0 Å². The van der Waals surface area contributed by atoms with E-state index < -0.39 is 0 Å². The van der Waals surface area contributed by atoms with Gasteiger partial charge in [-0.1, -0.05) is 48.5 Å². The molecule has 0 N–H and O–H groups in total. The van der Waals surface area contributed by atoms with Crippen molar-refractivity contribution in [3.05, 3.63) is 84.3 Å². The lowest BCUT2D eigenvalue weighted by molar-refractivity contribution is 0.475. The molecule has 6 rings (SSSR count). The Bertz CT molecular complexity index is 948. The smallest absolute Gasteiger partial charge is 0.0902 e. The quantitative estimate of drug-likeness (QED) is 0.282. The van der Waals surface area contributed by atoms with Crippen LogP contribution in [0, 0.1) is 0 Å². The molecular formula is C24H24O2. The summed E-state index contributed by atoms with van der Waals surface area (Å²) in [6.45, 7) is 2.00. The fourth-order valence-corrected chi connectivity index (χ4v) is 3.57. The van der Waals surface area contributed by atoms with Crippen LogP contribution in [0.1, 0.15) is 24.0 Å². The van der Waals surface area contributed by atoms with Crippen molar-refractivity contribution in [3.8, 4) is 0 Å². The molecular weight excluding hydrogens is 320 g/mol. The summed E-state index contributed by atoms with van der Waals surface area (Å²) in [4.78, 5) is 0. The maximum Gasteiger partial charge on any atom is 0.0902 e. The van der Waals surface area contributed by atoms with Gasteiger partial charge in [0.05, 0.1) is 25.7 Å². The number of hydrogen-bond acceptors (Lipinski definition) is 2. The number of furan rings is 1. The van der Waals surface area contributed by atoms with Crippen molar-refractivity contribution in [2.45, 2.75) is 25.7 Å². The maximum atomic E-state index is 4.58. The molecule has 1 saturated heterocycles. The van der Waals surface area contributed by atoms with Crippen LogP contribution in [0.5, 0.6) is 0 Å². The highest BCUT2D eigenvalue weighted by molar-refractivity contribution is 6.08. The third kappa shape index (κ3) is 3.97. The molecule has 0 atom stereocenters. The zero-order chi connectivity index (χ0) is 17.6. The molecule has 1 fully saturated rings. The van der Waals surface area contributed by atoms with Gasteiger partial charge in [0.25, 0.3) is 0 Å². The molecule has 3 aromatic carbocycles. The van der Waals surface area contributed by atoms with Gasteiger partial charge in [-0.05, 0) is 70.5 Å². The number of benzene rings is 3. The number of aryl methyl sites for hydroxylation is 2. The van der Waals surface area contributed by atoms with Gasteiger partial charge in [0.15, 0.2) is 0 Å². The third-order valence-electron chi connectivity index (χ3n) is 4.89. The van der Waals surface area contributed by atoms with Gasteiger partial charge in [-0.15, -0.1) is 0 Å². The predicted molar refractivity (Wildman–Crippen MR) is 108 cm³/mol. The maximum absolute atomic E-state index is 4.58. The normalized spacial score (nSPS) is 14.6. The highest BCUT2D eigenvalue weighted by Gasteiger charge is 2.13. The van der Waals surface area contributed by atoms with E-state index in [1.54, 1.807) is 23.7 Å². The molecule has 4 aromatic rings. The molecule has 0 bridgehead atoms. The predicted octanol–water partition coefficient (Wildman–Crippen LogP) is 6.17. The lowest BCUT2D eigenvalue weighted by Gasteiger charge is -2.18. The summed E-state index contributed by atoms with van der Waals surface area (Å²) in [5.74, 6) is 0. The minimum absolute atomic E-state index is 1.00. The summed E-state index contributed by atoms with van der Waals surface area (Å²) in [6, 6.07) is 21.6. The molecule has 0 spiro atoms. The Morgan fingerprint density at radius 2 is 1.35 bits per heavy atom. The molecule has 1 aliphatic carbocycles. The van der Waals surface area contributed by atoms with Crippen LogP contribution in [0.4, 0.5) is 0 Å². The SMILES string of the molecule is C1CO1.c1ccc2c(c1)ccc1c3c(ccc12)CCCC3.c1ccoc1. The van der Waals surface area contributed by atoms with E-state index in [2.05, 4.69) is 57.7 Å². The second-order valence-electron chi connectivity index (χ2n) is 6.70. The van der Waals surface area contributed by atoms with Crippen molar-refractivity contribution in [2.75, 3.05) is 13.2 Å². The minimum Gasteiger partial charge on any atom is -0.473 e. The van der Waals surface area contributed by atoms with Crippen molar-refractivity contribution in [3.63, 3.8) is 0 Å². The topological polar surface area (TPSA) is 25.7 Å². The summed E-state index contributed by atoms with van der Waals surface area (Å²) in [5, 5.41) is 5.64. The second kappa shape index (κ2) is 8.20. The van der Waals surface area contributed by atoms with E-state index in [1.165, 1.54) is 47.2 Å². The Morgan fingerprint density at radius 3 is 2.08 bits per heavy atom. The van der Waals surface area contributed by atoms with Crippen LogP contribution in [0.25, 0.3) is 21.5 Å². The van der Waals surface area contributed by atoms with E-state index in [0.29, 0.717) is 0 Å². The van der Waals surface area contributed by atoms with Crippen molar-refractivity contribution in [1.82, 2.24) is 0 Å². The average molecular weight is 344 g/mol. The van der Waals surface area contributed by atoms with Crippen LogP contribution < -0.4 is 0 Å². The summed E-state index contributed by atoms with van der Waals surface area (Å²) in [5.41, 5.74) is 3.17. The van der Waals surface area contributed by atoms with E-state index in [0.717, 1.165) is 13.2 Å². The number of hydrogen-bond donors (Lipinski definition) is 0. The lowest BCUT2D eigenvalue weighted by atomic mass is 9.86. The Balaban J connectivity index is 0.000000174. The lowest BCUT2D eigenvalue weighted by Crippen LogP contribution is -2.02. The first kappa shape index (κ1) is 16.9.